The topological polar surface area (TPSA) is 38.7 Å². The second kappa shape index (κ2) is 11.7. The molecule has 0 radical (unpaired) electrons. The first-order valence-corrected chi connectivity index (χ1v) is 17.4. The van der Waals surface area contributed by atoms with Gasteiger partial charge in [-0.3, -0.25) is 0 Å². The molecule has 0 fully saturated rings. The SMILES string of the molecule is Cc1cccc2c1nc(-c1ccc(-c3nc(-c4ccc5ccccc5c4)cc(-c4ccc5ccccc5c4)n3)cc1)c1ccc3ccccc3c12. The number of nitrogens with zero attached hydrogens (tertiary/aromatic N) is 3. The van der Waals surface area contributed by atoms with Crippen molar-refractivity contribution in [2.24, 2.45) is 0 Å². The van der Waals surface area contributed by atoms with E-state index in [0.717, 1.165) is 50.2 Å². The highest BCUT2D eigenvalue weighted by molar-refractivity contribution is 6.22. The molecule has 238 valence electrons. The molecule has 0 saturated carbocycles. The molecular weight excluding hydrogens is 619 g/mol. The Morgan fingerprint density at radius 1 is 0.353 bits per heavy atom. The predicted octanol–water partition coefficient (Wildman–Crippen LogP) is 12.6. The monoisotopic (exact) mass is 649 g/mol. The van der Waals surface area contributed by atoms with Crippen LogP contribution in [0.1, 0.15) is 5.56 Å². The first-order chi connectivity index (χ1) is 25.2. The fraction of sp³-hybridized carbons (Fsp3) is 0.0208. The number of hydrogen-bond donors (Lipinski definition) is 0. The summed E-state index contributed by atoms with van der Waals surface area (Å²) in [5, 5.41) is 10.8. The van der Waals surface area contributed by atoms with Crippen LogP contribution in [0, 0.1) is 6.92 Å². The van der Waals surface area contributed by atoms with Gasteiger partial charge < -0.3 is 0 Å². The number of aryl methyl sites for hydroxylation is 1. The lowest BCUT2D eigenvalue weighted by atomic mass is 9.94. The van der Waals surface area contributed by atoms with Gasteiger partial charge in [-0.15, -0.1) is 0 Å². The molecule has 3 heteroatoms. The van der Waals surface area contributed by atoms with E-state index in [0.29, 0.717) is 5.82 Å². The highest BCUT2D eigenvalue weighted by Crippen LogP contribution is 2.38. The van der Waals surface area contributed by atoms with Crippen molar-refractivity contribution >= 4 is 54.0 Å². The minimum Gasteiger partial charge on any atom is -0.247 e. The Bertz CT molecular complexity index is 2880. The number of rotatable bonds is 4. The van der Waals surface area contributed by atoms with Gasteiger partial charge in [0.2, 0.25) is 0 Å². The van der Waals surface area contributed by atoms with Crippen molar-refractivity contribution in [3.8, 4) is 45.2 Å². The number of para-hydroxylation sites is 1. The normalized spacial score (nSPS) is 11.6. The Balaban J connectivity index is 1.14. The average molecular weight is 650 g/mol. The van der Waals surface area contributed by atoms with Crippen LogP contribution in [-0.4, -0.2) is 15.0 Å². The first-order valence-electron chi connectivity index (χ1n) is 17.4. The molecule has 0 aliphatic carbocycles. The van der Waals surface area contributed by atoms with Gasteiger partial charge in [-0.1, -0.05) is 152 Å². The van der Waals surface area contributed by atoms with Gasteiger partial charge in [-0.25, -0.2) is 15.0 Å². The lowest BCUT2D eigenvalue weighted by Crippen LogP contribution is -1.96. The zero-order valence-corrected chi connectivity index (χ0v) is 28.0. The molecule has 0 aliphatic rings. The van der Waals surface area contributed by atoms with E-state index in [4.69, 9.17) is 15.0 Å². The van der Waals surface area contributed by atoms with Gasteiger partial charge in [0.05, 0.1) is 22.6 Å². The van der Waals surface area contributed by atoms with Crippen LogP contribution in [0.2, 0.25) is 0 Å². The van der Waals surface area contributed by atoms with Gasteiger partial charge in [-0.2, -0.15) is 0 Å². The Labute approximate surface area is 295 Å². The molecule has 0 amide bonds. The highest BCUT2D eigenvalue weighted by atomic mass is 14.9. The molecule has 10 aromatic rings. The van der Waals surface area contributed by atoms with Gasteiger partial charge in [-0.05, 0) is 63.0 Å². The molecular formula is C48H31N3. The van der Waals surface area contributed by atoms with Crippen molar-refractivity contribution in [3.63, 3.8) is 0 Å². The Morgan fingerprint density at radius 2 is 0.882 bits per heavy atom. The van der Waals surface area contributed by atoms with Gasteiger partial charge in [0.25, 0.3) is 0 Å². The smallest absolute Gasteiger partial charge is 0.160 e. The third kappa shape index (κ3) is 5.02. The molecule has 8 aromatic carbocycles. The minimum atomic E-state index is 0.688. The second-order valence-corrected chi connectivity index (χ2v) is 13.3. The van der Waals surface area contributed by atoms with Crippen LogP contribution in [0.25, 0.3) is 99.2 Å². The predicted molar refractivity (Wildman–Crippen MR) is 214 cm³/mol. The summed E-state index contributed by atoms with van der Waals surface area (Å²) in [7, 11) is 0. The molecule has 0 N–H and O–H groups in total. The van der Waals surface area contributed by atoms with Gasteiger partial charge in [0.15, 0.2) is 5.82 Å². The zero-order chi connectivity index (χ0) is 33.9. The van der Waals surface area contributed by atoms with E-state index in [1.165, 1.54) is 48.7 Å². The quantitative estimate of drug-likeness (QED) is 0.178. The lowest BCUT2D eigenvalue weighted by molar-refractivity contribution is 1.18. The Kier molecular flexibility index (Phi) is 6.71. The molecule has 51 heavy (non-hydrogen) atoms. The summed E-state index contributed by atoms with van der Waals surface area (Å²) in [6, 6.07) is 60.2. The van der Waals surface area contributed by atoms with E-state index in [2.05, 4.69) is 177 Å². The van der Waals surface area contributed by atoms with Crippen molar-refractivity contribution in [2.45, 2.75) is 6.92 Å². The summed E-state index contributed by atoms with van der Waals surface area (Å²) < 4.78 is 0. The van der Waals surface area contributed by atoms with Crippen molar-refractivity contribution in [2.75, 3.05) is 0 Å². The largest absolute Gasteiger partial charge is 0.247 e. The average Bonchev–Trinajstić information content (AvgIpc) is 3.20. The number of pyridine rings is 1. The lowest BCUT2D eigenvalue weighted by Gasteiger charge is -2.14. The Hall–Kier alpha value is -6.71. The van der Waals surface area contributed by atoms with E-state index in [9.17, 15) is 0 Å². The summed E-state index contributed by atoms with van der Waals surface area (Å²) in [5.41, 5.74) is 9.10. The summed E-state index contributed by atoms with van der Waals surface area (Å²) in [6.07, 6.45) is 0. The maximum absolute atomic E-state index is 5.31. The zero-order valence-electron chi connectivity index (χ0n) is 28.0. The van der Waals surface area contributed by atoms with E-state index in [-0.39, 0.29) is 0 Å². The van der Waals surface area contributed by atoms with Crippen molar-refractivity contribution in [3.05, 3.63) is 175 Å². The standard InChI is InChI=1S/C48H31N3/c1-30-9-8-16-41-45-40-15-7-6-12-33(40)25-26-42(45)47(51-46(30)41)34-19-21-35(22-20-34)48-49-43(38-23-17-31-10-2-4-13-36(31)27-38)29-44(50-48)39-24-18-32-11-3-5-14-37(32)28-39/h2-29H,1H3. The molecule has 10 rings (SSSR count). The molecule has 3 nitrogen and oxygen atoms in total. The molecule has 2 aromatic heterocycles. The number of hydrogen-bond acceptors (Lipinski definition) is 3. The van der Waals surface area contributed by atoms with Crippen LogP contribution in [0.4, 0.5) is 0 Å². The number of benzene rings is 8. The fourth-order valence-corrected chi connectivity index (χ4v) is 7.51. The first kappa shape index (κ1) is 29.2. The summed E-state index contributed by atoms with van der Waals surface area (Å²) >= 11 is 0. The maximum Gasteiger partial charge on any atom is 0.160 e. The third-order valence-electron chi connectivity index (χ3n) is 10.1. The number of aromatic nitrogens is 3. The Morgan fingerprint density at radius 3 is 1.55 bits per heavy atom. The molecule has 0 spiro atoms. The van der Waals surface area contributed by atoms with Gasteiger partial charge in [0, 0.05) is 38.4 Å². The van der Waals surface area contributed by atoms with Crippen LogP contribution in [0.15, 0.2) is 170 Å². The minimum absolute atomic E-state index is 0.688. The van der Waals surface area contributed by atoms with Crippen molar-refractivity contribution < 1.29 is 0 Å². The molecule has 0 atom stereocenters. The van der Waals surface area contributed by atoms with Crippen LogP contribution in [-0.2, 0) is 0 Å². The van der Waals surface area contributed by atoms with Gasteiger partial charge in [0.1, 0.15) is 0 Å². The molecule has 0 saturated heterocycles. The van der Waals surface area contributed by atoms with Gasteiger partial charge >= 0.3 is 0 Å². The van der Waals surface area contributed by atoms with E-state index in [1.54, 1.807) is 0 Å². The summed E-state index contributed by atoms with van der Waals surface area (Å²) in [6.45, 7) is 2.15. The second-order valence-electron chi connectivity index (χ2n) is 13.3. The van der Waals surface area contributed by atoms with Crippen LogP contribution >= 0.6 is 0 Å². The maximum atomic E-state index is 5.31. The van der Waals surface area contributed by atoms with E-state index in [1.807, 2.05) is 0 Å². The van der Waals surface area contributed by atoms with Crippen LogP contribution in [0.5, 0.6) is 0 Å². The molecule has 0 aliphatic heterocycles. The summed E-state index contributed by atoms with van der Waals surface area (Å²) in [5.74, 6) is 0.688. The van der Waals surface area contributed by atoms with E-state index < -0.39 is 0 Å². The summed E-state index contributed by atoms with van der Waals surface area (Å²) in [4.78, 5) is 15.7. The molecule has 2 heterocycles. The van der Waals surface area contributed by atoms with E-state index >= 15 is 0 Å². The van der Waals surface area contributed by atoms with Crippen molar-refractivity contribution in [1.29, 1.82) is 0 Å². The highest BCUT2D eigenvalue weighted by Gasteiger charge is 2.16. The third-order valence-corrected chi connectivity index (χ3v) is 10.1. The molecule has 0 unspecified atom stereocenters. The fourth-order valence-electron chi connectivity index (χ4n) is 7.51. The van der Waals surface area contributed by atoms with Crippen LogP contribution in [0.3, 0.4) is 0 Å². The number of fused-ring (bicyclic) bond motifs is 7. The van der Waals surface area contributed by atoms with Crippen molar-refractivity contribution in [1.82, 2.24) is 15.0 Å². The van der Waals surface area contributed by atoms with Crippen LogP contribution < -0.4 is 0 Å². The molecule has 0 bridgehead atoms.